The van der Waals surface area contributed by atoms with Crippen LogP contribution in [0.15, 0.2) is 18.2 Å². The fraction of sp³-hybridized carbons (Fsp3) is 0.462. The molecule has 1 atom stereocenters. The first-order valence-corrected chi connectivity index (χ1v) is 6.03. The molecule has 0 amide bonds. The van der Waals surface area contributed by atoms with E-state index >= 15 is 0 Å². The summed E-state index contributed by atoms with van der Waals surface area (Å²) in [6, 6.07) is 2.86. The molecule has 1 aliphatic heterocycles. The quantitative estimate of drug-likeness (QED) is 0.926. The van der Waals surface area contributed by atoms with Crippen LogP contribution in [0.3, 0.4) is 0 Å². The summed E-state index contributed by atoms with van der Waals surface area (Å²) in [7, 11) is 0. The van der Waals surface area contributed by atoms with Crippen LogP contribution in [0.25, 0.3) is 0 Å². The van der Waals surface area contributed by atoms with Crippen LogP contribution in [0.4, 0.5) is 13.2 Å². The fourth-order valence-corrected chi connectivity index (χ4v) is 1.96. The van der Waals surface area contributed by atoms with E-state index in [2.05, 4.69) is 0 Å². The lowest BCUT2D eigenvalue weighted by Crippen LogP contribution is -2.15. The van der Waals surface area contributed by atoms with Gasteiger partial charge < -0.3 is 14.6 Å². The number of rotatable bonds is 4. The summed E-state index contributed by atoms with van der Waals surface area (Å²) >= 11 is 0. The van der Waals surface area contributed by atoms with Crippen molar-refractivity contribution in [2.75, 3.05) is 19.8 Å². The Balaban J connectivity index is 2.16. The number of halogens is 3. The molecule has 0 aromatic heterocycles. The molecule has 0 aliphatic carbocycles. The summed E-state index contributed by atoms with van der Waals surface area (Å²) in [5.74, 6) is -1.45. The minimum Gasteiger partial charge on any atom is -0.493 e. The minimum atomic E-state index is -4.73. The Kier molecular flexibility index (Phi) is 4.17. The number of ether oxygens (including phenoxy) is 2. The topological polar surface area (TPSA) is 55.8 Å². The van der Waals surface area contributed by atoms with E-state index in [9.17, 15) is 18.0 Å². The van der Waals surface area contributed by atoms with Crippen molar-refractivity contribution in [2.45, 2.75) is 12.6 Å². The zero-order valence-corrected chi connectivity index (χ0v) is 10.4. The normalized spacial score (nSPS) is 19.1. The van der Waals surface area contributed by atoms with Gasteiger partial charge >= 0.3 is 12.1 Å². The number of carboxylic acid groups (broad SMARTS) is 1. The van der Waals surface area contributed by atoms with Crippen LogP contribution in [-0.4, -0.2) is 30.9 Å². The standard InChI is InChI=1S/C13H13F3O4/c14-13(15,16)11-5-9(1-2-10(11)12(17)18)20-7-8-3-4-19-6-8/h1-2,5,8H,3-4,6-7H2,(H,17,18). The summed E-state index contributed by atoms with van der Waals surface area (Å²) in [6.07, 6.45) is -3.93. The zero-order chi connectivity index (χ0) is 14.8. The maximum Gasteiger partial charge on any atom is 0.417 e. The van der Waals surface area contributed by atoms with Crippen molar-refractivity contribution in [3.05, 3.63) is 29.3 Å². The van der Waals surface area contributed by atoms with E-state index in [-0.39, 0.29) is 18.3 Å². The number of aromatic carboxylic acids is 1. The molecule has 1 aromatic rings. The first kappa shape index (κ1) is 14.6. The van der Waals surface area contributed by atoms with E-state index in [1.165, 1.54) is 6.07 Å². The van der Waals surface area contributed by atoms with Gasteiger partial charge in [0.05, 0.1) is 24.3 Å². The molecule has 1 unspecified atom stereocenters. The fourth-order valence-electron chi connectivity index (χ4n) is 1.96. The molecule has 0 spiro atoms. The number of benzene rings is 1. The highest BCUT2D eigenvalue weighted by atomic mass is 19.4. The maximum atomic E-state index is 12.8. The van der Waals surface area contributed by atoms with E-state index in [4.69, 9.17) is 14.6 Å². The second-order valence-electron chi connectivity index (χ2n) is 4.55. The van der Waals surface area contributed by atoms with Gasteiger partial charge in [-0.05, 0) is 24.6 Å². The third-order valence-corrected chi connectivity index (χ3v) is 3.04. The predicted molar refractivity (Wildman–Crippen MR) is 62.8 cm³/mol. The molecule has 0 radical (unpaired) electrons. The van der Waals surface area contributed by atoms with Crippen molar-refractivity contribution in [1.29, 1.82) is 0 Å². The van der Waals surface area contributed by atoms with Gasteiger partial charge in [-0.1, -0.05) is 0 Å². The molecule has 7 heteroatoms. The van der Waals surface area contributed by atoms with Gasteiger partial charge in [0.15, 0.2) is 0 Å². The Morgan fingerprint density at radius 3 is 2.75 bits per heavy atom. The van der Waals surface area contributed by atoms with Gasteiger partial charge in [0.1, 0.15) is 5.75 Å². The second kappa shape index (κ2) is 5.70. The van der Waals surface area contributed by atoms with Gasteiger partial charge in [-0.25, -0.2) is 4.79 Å². The molecule has 0 bridgehead atoms. The summed E-state index contributed by atoms with van der Waals surface area (Å²) < 4.78 is 48.8. The third kappa shape index (κ3) is 3.41. The third-order valence-electron chi connectivity index (χ3n) is 3.04. The number of carbonyl (C=O) groups is 1. The van der Waals surface area contributed by atoms with Crippen LogP contribution < -0.4 is 4.74 Å². The molecular weight excluding hydrogens is 277 g/mol. The summed E-state index contributed by atoms with van der Waals surface area (Å²) in [4.78, 5) is 10.8. The van der Waals surface area contributed by atoms with E-state index in [0.29, 0.717) is 13.2 Å². The van der Waals surface area contributed by atoms with E-state index in [1.807, 2.05) is 0 Å². The van der Waals surface area contributed by atoms with Crippen molar-refractivity contribution >= 4 is 5.97 Å². The molecule has 1 aliphatic rings. The molecule has 0 saturated carbocycles. The predicted octanol–water partition coefficient (Wildman–Crippen LogP) is 2.82. The molecule has 1 fully saturated rings. The van der Waals surface area contributed by atoms with Gasteiger partial charge in [-0.2, -0.15) is 13.2 Å². The van der Waals surface area contributed by atoms with Crippen molar-refractivity contribution in [3.63, 3.8) is 0 Å². The van der Waals surface area contributed by atoms with Crippen LogP contribution in [-0.2, 0) is 10.9 Å². The van der Waals surface area contributed by atoms with Gasteiger partial charge in [-0.15, -0.1) is 0 Å². The summed E-state index contributed by atoms with van der Waals surface area (Å²) in [5, 5.41) is 8.77. The monoisotopic (exact) mass is 290 g/mol. The summed E-state index contributed by atoms with van der Waals surface area (Å²) in [6.45, 7) is 1.41. The van der Waals surface area contributed by atoms with Crippen molar-refractivity contribution < 1.29 is 32.5 Å². The van der Waals surface area contributed by atoms with Gasteiger partial charge in [0.25, 0.3) is 0 Å². The average Bonchev–Trinajstić information content (AvgIpc) is 2.88. The molecular formula is C13H13F3O4. The number of carboxylic acids is 1. The lowest BCUT2D eigenvalue weighted by atomic mass is 10.1. The lowest BCUT2D eigenvalue weighted by Gasteiger charge is -2.14. The van der Waals surface area contributed by atoms with E-state index in [1.54, 1.807) is 0 Å². The van der Waals surface area contributed by atoms with Gasteiger partial charge in [-0.3, -0.25) is 0 Å². The smallest absolute Gasteiger partial charge is 0.417 e. The first-order valence-electron chi connectivity index (χ1n) is 6.03. The number of hydrogen-bond acceptors (Lipinski definition) is 3. The van der Waals surface area contributed by atoms with Gasteiger partial charge in [0, 0.05) is 12.5 Å². The molecule has 1 aromatic carbocycles. The lowest BCUT2D eigenvalue weighted by molar-refractivity contribution is -0.138. The highest BCUT2D eigenvalue weighted by Gasteiger charge is 2.35. The molecule has 2 rings (SSSR count). The number of hydrogen-bond donors (Lipinski definition) is 1. The van der Waals surface area contributed by atoms with Crippen molar-refractivity contribution in [2.24, 2.45) is 5.92 Å². The molecule has 20 heavy (non-hydrogen) atoms. The largest absolute Gasteiger partial charge is 0.493 e. The number of alkyl halides is 3. The highest BCUT2D eigenvalue weighted by molar-refractivity contribution is 5.89. The Labute approximate surface area is 113 Å². The highest BCUT2D eigenvalue weighted by Crippen LogP contribution is 2.34. The first-order chi connectivity index (χ1) is 9.38. The average molecular weight is 290 g/mol. The Hall–Kier alpha value is -1.76. The second-order valence-corrected chi connectivity index (χ2v) is 4.55. The molecule has 1 heterocycles. The Morgan fingerprint density at radius 1 is 1.45 bits per heavy atom. The maximum absolute atomic E-state index is 12.8. The SMILES string of the molecule is O=C(O)c1ccc(OCC2CCOC2)cc1C(F)(F)F. The Bertz CT molecular complexity index is 493. The van der Waals surface area contributed by atoms with Crippen LogP contribution in [0, 0.1) is 5.92 Å². The molecule has 1 N–H and O–H groups in total. The molecule has 4 nitrogen and oxygen atoms in total. The molecule has 1 saturated heterocycles. The van der Waals surface area contributed by atoms with Crippen LogP contribution in [0.1, 0.15) is 22.3 Å². The minimum absolute atomic E-state index is 0.00854. The Morgan fingerprint density at radius 2 is 2.20 bits per heavy atom. The van der Waals surface area contributed by atoms with Crippen LogP contribution in [0.5, 0.6) is 5.75 Å². The van der Waals surface area contributed by atoms with Crippen LogP contribution >= 0.6 is 0 Å². The van der Waals surface area contributed by atoms with Crippen molar-refractivity contribution in [1.82, 2.24) is 0 Å². The summed E-state index contributed by atoms with van der Waals surface area (Å²) in [5.41, 5.74) is -1.99. The van der Waals surface area contributed by atoms with Crippen molar-refractivity contribution in [3.8, 4) is 5.75 Å². The van der Waals surface area contributed by atoms with E-state index in [0.717, 1.165) is 18.6 Å². The van der Waals surface area contributed by atoms with Gasteiger partial charge in [0.2, 0.25) is 0 Å². The zero-order valence-electron chi connectivity index (χ0n) is 10.4. The molecule has 110 valence electrons. The van der Waals surface area contributed by atoms with E-state index < -0.39 is 23.3 Å². The van der Waals surface area contributed by atoms with Crippen LogP contribution in [0.2, 0.25) is 0 Å².